The molecule has 4 N–H and O–H groups in total. The van der Waals surface area contributed by atoms with Crippen molar-refractivity contribution in [3.05, 3.63) is 36.0 Å². The molecule has 3 rings (SSSR count). The van der Waals surface area contributed by atoms with Crippen LogP contribution >= 0.6 is 0 Å². The highest BCUT2D eigenvalue weighted by atomic mass is 16.6. The Hall–Kier alpha value is -1.84. The van der Waals surface area contributed by atoms with Gasteiger partial charge in [-0.25, -0.2) is 4.68 Å². The molecule has 2 heterocycles. The Bertz CT molecular complexity index is 657. The summed E-state index contributed by atoms with van der Waals surface area (Å²) < 4.78 is 6.71. The van der Waals surface area contributed by atoms with Gasteiger partial charge in [0.25, 0.3) is 0 Å². The predicted octanol–water partition coefficient (Wildman–Crippen LogP) is -0.774. The van der Waals surface area contributed by atoms with Crippen LogP contribution in [0.5, 0.6) is 0 Å². The summed E-state index contributed by atoms with van der Waals surface area (Å²) in [4.78, 5) is 0. The van der Waals surface area contributed by atoms with E-state index in [1.54, 1.807) is 6.20 Å². The first kappa shape index (κ1) is 16.0. The summed E-state index contributed by atoms with van der Waals surface area (Å²) in [5.74, 6) is 0. The second-order valence-corrected chi connectivity index (χ2v) is 5.67. The van der Waals surface area contributed by atoms with E-state index in [2.05, 4.69) is 10.3 Å². The van der Waals surface area contributed by atoms with Crippen LogP contribution in [0, 0.1) is 6.92 Å². The average Bonchev–Trinajstić information content (AvgIpc) is 3.03. The molecule has 0 saturated carbocycles. The van der Waals surface area contributed by atoms with Crippen LogP contribution in [0.2, 0.25) is 0 Å². The highest BCUT2D eigenvalue weighted by Gasteiger charge is 2.44. The minimum atomic E-state index is -1.45. The fourth-order valence-corrected chi connectivity index (χ4v) is 2.56. The molecule has 1 aliphatic heterocycles. The van der Waals surface area contributed by atoms with E-state index in [0.29, 0.717) is 5.69 Å². The summed E-state index contributed by atoms with van der Waals surface area (Å²) in [6, 6.07) is 7.69. The summed E-state index contributed by atoms with van der Waals surface area (Å²) in [6.45, 7) is 1.50. The van der Waals surface area contributed by atoms with Gasteiger partial charge in [-0.15, -0.1) is 5.10 Å². The second-order valence-electron chi connectivity index (χ2n) is 5.67. The summed E-state index contributed by atoms with van der Waals surface area (Å²) in [5, 5.41) is 46.9. The van der Waals surface area contributed by atoms with E-state index < -0.39 is 37.3 Å². The van der Waals surface area contributed by atoms with Crippen molar-refractivity contribution in [2.45, 2.75) is 37.6 Å². The summed E-state index contributed by atoms with van der Waals surface area (Å²) in [6.07, 6.45) is -4.68. The Kier molecular flexibility index (Phi) is 4.42. The monoisotopic (exact) mass is 321 g/mol. The average molecular weight is 321 g/mol. The maximum Gasteiger partial charge on any atom is 0.180 e. The van der Waals surface area contributed by atoms with Gasteiger partial charge in [0.05, 0.1) is 12.8 Å². The van der Waals surface area contributed by atoms with Gasteiger partial charge in [-0.3, -0.25) is 0 Å². The fraction of sp³-hybridized carbons (Fsp3) is 0.467. The fourth-order valence-electron chi connectivity index (χ4n) is 2.56. The molecule has 23 heavy (non-hydrogen) atoms. The van der Waals surface area contributed by atoms with Crippen LogP contribution in [-0.2, 0) is 4.74 Å². The molecule has 1 aromatic carbocycles. The third kappa shape index (κ3) is 2.99. The van der Waals surface area contributed by atoms with E-state index in [-0.39, 0.29) is 0 Å². The predicted molar refractivity (Wildman–Crippen MR) is 79.2 cm³/mol. The maximum absolute atomic E-state index is 10.1. The van der Waals surface area contributed by atoms with Crippen molar-refractivity contribution < 1.29 is 25.2 Å². The Morgan fingerprint density at radius 1 is 1.09 bits per heavy atom. The zero-order valence-electron chi connectivity index (χ0n) is 12.5. The molecule has 124 valence electrons. The highest BCUT2D eigenvalue weighted by Crippen LogP contribution is 2.28. The molecule has 5 atom stereocenters. The van der Waals surface area contributed by atoms with Crippen molar-refractivity contribution >= 4 is 0 Å². The molecule has 1 unspecified atom stereocenters. The zero-order valence-corrected chi connectivity index (χ0v) is 12.5. The van der Waals surface area contributed by atoms with Crippen molar-refractivity contribution in [2.24, 2.45) is 0 Å². The number of ether oxygens (including phenoxy) is 1. The zero-order chi connectivity index (χ0) is 16.6. The number of benzene rings is 1. The summed E-state index contributed by atoms with van der Waals surface area (Å²) in [7, 11) is 0. The molecule has 2 aromatic rings. The van der Waals surface area contributed by atoms with Gasteiger partial charge in [0.15, 0.2) is 6.23 Å². The molecule has 0 radical (unpaired) electrons. The quantitative estimate of drug-likeness (QED) is 0.585. The minimum absolute atomic E-state index is 0.485. The van der Waals surface area contributed by atoms with Gasteiger partial charge in [0, 0.05) is 5.56 Å². The van der Waals surface area contributed by atoms with E-state index in [4.69, 9.17) is 4.74 Å². The number of rotatable bonds is 3. The molecule has 1 saturated heterocycles. The van der Waals surface area contributed by atoms with Gasteiger partial charge in [0.1, 0.15) is 30.1 Å². The third-order valence-electron chi connectivity index (χ3n) is 3.99. The topological polar surface area (TPSA) is 121 Å². The first-order valence-electron chi connectivity index (χ1n) is 7.30. The van der Waals surface area contributed by atoms with Gasteiger partial charge in [-0.05, 0) is 6.92 Å². The molecule has 0 spiro atoms. The van der Waals surface area contributed by atoms with Crippen molar-refractivity contribution in [3.8, 4) is 11.3 Å². The number of hydrogen-bond donors (Lipinski definition) is 4. The lowest BCUT2D eigenvalue weighted by atomic mass is 9.98. The highest BCUT2D eigenvalue weighted by molar-refractivity contribution is 5.57. The van der Waals surface area contributed by atoms with Gasteiger partial charge in [-0.2, -0.15) is 0 Å². The largest absolute Gasteiger partial charge is 0.394 e. The molecular formula is C15H19N3O5. The molecule has 1 aromatic heterocycles. The number of aliphatic hydroxyl groups excluding tert-OH is 4. The number of nitrogens with zero attached hydrogens (tertiary/aromatic N) is 3. The van der Waals surface area contributed by atoms with Crippen molar-refractivity contribution in [3.63, 3.8) is 0 Å². The van der Waals surface area contributed by atoms with Crippen molar-refractivity contribution in [2.75, 3.05) is 6.61 Å². The van der Waals surface area contributed by atoms with E-state index in [0.717, 1.165) is 11.1 Å². The Balaban J connectivity index is 1.85. The lowest BCUT2D eigenvalue weighted by molar-refractivity contribution is -0.254. The normalized spacial score (nSPS) is 31.3. The van der Waals surface area contributed by atoms with Gasteiger partial charge in [-0.1, -0.05) is 35.0 Å². The molecule has 8 heteroatoms. The minimum Gasteiger partial charge on any atom is -0.394 e. The Morgan fingerprint density at radius 3 is 2.43 bits per heavy atom. The van der Waals surface area contributed by atoms with Crippen LogP contribution in [0.3, 0.4) is 0 Å². The first-order valence-corrected chi connectivity index (χ1v) is 7.30. The standard InChI is InChI=1S/C15H19N3O5/c1-8-2-4-9(5-3-8)10-6-18(17-16-10)15-14(22)13(21)12(20)11(7-19)23-15/h2-6,11-15,19-22H,7H2,1H3/t11-,12-,13+,14-,15?/m1/s1. The Labute approximate surface area is 132 Å². The molecular weight excluding hydrogens is 302 g/mol. The van der Waals surface area contributed by atoms with E-state index in [1.807, 2.05) is 31.2 Å². The van der Waals surface area contributed by atoms with Crippen LogP contribution in [-0.4, -0.2) is 66.4 Å². The molecule has 1 aliphatic rings. The molecule has 1 fully saturated rings. The maximum atomic E-state index is 10.1. The van der Waals surface area contributed by atoms with Gasteiger partial charge < -0.3 is 25.2 Å². The number of aliphatic hydroxyl groups is 4. The summed E-state index contributed by atoms with van der Waals surface area (Å²) >= 11 is 0. The molecule has 0 bridgehead atoms. The molecule has 0 amide bonds. The summed E-state index contributed by atoms with van der Waals surface area (Å²) in [5.41, 5.74) is 2.56. The lowest BCUT2D eigenvalue weighted by Crippen LogP contribution is -2.56. The third-order valence-corrected chi connectivity index (χ3v) is 3.99. The van der Waals surface area contributed by atoms with Gasteiger partial charge >= 0.3 is 0 Å². The van der Waals surface area contributed by atoms with E-state index in [9.17, 15) is 20.4 Å². The van der Waals surface area contributed by atoms with Gasteiger partial charge in [0.2, 0.25) is 0 Å². The first-order chi connectivity index (χ1) is 11.0. The smallest absolute Gasteiger partial charge is 0.180 e. The Morgan fingerprint density at radius 2 is 1.78 bits per heavy atom. The molecule has 8 nitrogen and oxygen atoms in total. The van der Waals surface area contributed by atoms with Crippen LogP contribution in [0.25, 0.3) is 11.3 Å². The van der Waals surface area contributed by atoms with E-state index in [1.165, 1.54) is 4.68 Å². The second kappa shape index (κ2) is 6.34. The molecule has 0 aliphatic carbocycles. The lowest BCUT2D eigenvalue weighted by Gasteiger charge is -2.39. The number of aryl methyl sites for hydroxylation is 1. The number of hydrogen-bond acceptors (Lipinski definition) is 7. The van der Waals surface area contributed by atoms with Crippen LogP contribution in [0.1, 0.15) is 11.8 Å². The van der Waals surface area contributed by atoms with Crippen LogP contribution < -0.4 is 0 Å². The van der Waals surface area contributed by atoms with Crippen molar-refractivity contribution in [1.29, 1.82) is 0 Å². The van der Waals surface area contributed by atoms with E-state index >= 15 is 0 Å². The van der Waals surface area contributed by atoms with Crippen LogP contribution in [0.15, 0.2) is 30.5 Å². The number of aromatic nitrogens is 3. The van der Waals surface area contributed by atoms with Crippen LogP contribution in [0.4, 0.5) is 0 Å². The van der Waals surface area contributed by atoms with Crippen molar-refractivity contribution in [1.82, 2.24) is 15.0 Å². The SMILES string of the molecule is Cc1ccc(-c2cn(C3O[C@H](CO)[C@@H](O)[C@H](O)[C@H]3O)nn2)cc1.